The first-order valence-corrected chi connectivity index (χ1v) is 9.51. The molecule has 142 valence electrons. The summed E-state index contributed by atoms with van der Waals surface area (Å²) < 4.78 is 16.9. The highest BCUT2D eigenvalue weighted by molar-refractivity contribution is 5.49. The molecule has 0 amide bonds. The van der Waals surface area contributed by atoms with Crippen LogP contribution in [0.5, 0.6) is 17.2 Å². The molecule has 4 heteroatoms. The van der Waals surface area contributed by atoms with Gasteiger partial charge in [-0.05, 0) is 72.3 Å². The van der Waals surface area contributed by atoms with Gasteiger partial charge in [0.1, 0.15) is 11.9 Å². The van der Waals surface area contributed by atoms with Gasteiger partial charge in [0, 0.05) is 12.5 Å². The first kappa shape index (κ1) is 17.9. The molecule has 0 aliphatic carbocycles. The molecule has 4 nitrogen and oxygen atoms in total. The summed E-state index contributed by atoms with van der Waals surface area (Å²) in [5.41, 5.74) is 6.39. The van der Waals surface area contributed by atoms with E-state index in [0.717, 1.165) is 48.6 Å². The number of fused-ring (bicyclic) bond motifs is 2. The van der Waals surface area contributed by atoms with Crippen LogP contribution in [0, 0.1) is 0 Å². The van der Waals surface area contributed by atoms with Crippen LogP contribution in [0.1, 0.15) is 35.2 Å². The Kier molecular flexibility index (Phi) is 4.83. The highest BCUT2D eigenvalue weighted by atomic mass is 16.5. The van der Waals surface area contributed by atoms with Crippen LogP contribution in [0.4, 0.5) is 0 Å². The van der Waals surface area contributed by atoms with Gasteiger partial charge in [-0.25, -0.2) is 0 Å². The summed E-state index contributed by atoms with van der Waals surface area (Å²) in [4.78, 5) is 0. The molecule has 2 aliphatic heterocycles. The molecule has 2 aromatic rings. The molecule has 2 aromatic carbocycles. The van der Waals surface area contributed by atoms with Crippen LogP contribution in [0.3, 0.4) is 0 Å². The van der Waals surface area contributed by atoms with Gasteiger partial charge in [0.05, 0.1) is 14.2 Å². The maximum absolute atomic E-state index is 6.09. The zero-order valence-corrected chi connectivity index (χ0v) is 16.3. The second-order valence-electron chi connectivity index (χ2n) is 7.47. The molecular weight excluding hydrogens is 338 g/mol. The molecule has 0 fully saturated rings. The minimum atomic E-state index is 0.112. The van der Waals surface area contributed by atoms with E-state index in [2.05, 4.69) is 36.2 Å². The SMILES string of the molecule is C=C(C)[C@H]1Cc2cc3c(cc2O1)CCN[C@H]3Cc1ccc(OC)c(OC)c1. The van der Waals surface area contributed by atoms with Crippen molar-refractivity contribution in [2.24, 2.45) is 0 Å². The lowest BCUT2D eigenvalue weighted by Crippen LogP contribution is -2.31. The Hall–Kier alpha value is -2.46. The Bertz CT molecular complexity index is 874. The summed E-state index contributed by atoms with van der Waals surface area (Å²) in [5, 5.41) is 3.68. The fraction of sp³-hybridized carbons (Fsp3) is 0.391. The largest absolute Gasteiger partial charge is 0.493 e. The molecule has 0 aromatic heterocycles. The van der Waals surface area contributed by atoms with Gasteiger partial charge in [-0.15, -0.1) is 0 Å². The monoisotopic (exact) mass is 365 g/mol. The van der Waals surface area contributed by atoms with E-state index in [0.29, 0.717) is 6.04 Å². The molecule has 4 rings (SSSR count). The van der Waals surface area contributed by atoms with Crippen molar-refractivity contribution < 1.29 is 14.2 Å². The minimum absolute atomic E-state index is 0.112. The molecule has 0 spiro atoms. The number of nitrogens with one attached hydrogen (secondary N) is 1. The summed E-state index contributed by atoms with van der Waals surface area (Å²) in [5.74, 6) is 2.57. The van der Waals surface area contributed by atoms with Crippen LogP contribution in [0.25, 0.3) is 0 Å². The smallest absolute Gasteiger partial charge is 0.160 e. The van der Waals surface area contributed by atoms with Gasteiger partial charge in [0.2, 0.25) is 0 Å². The topological polar surface area (TPSA) is 39.7 Å². The predicted molar refractivity (Wildman–Crippen MR) is 107 cm³/mol. The third-order valence-electron chi connectivity index (χ3n) is 5.59. The summed E-state index contributed by atoms with van der Waals surface area (Å²) in [6, 6.07) is 11.0. The Morgan fingerprint density at radius 3 is 2.70 bits per heavy atom. The zero-order chi connectivity index (χ0) is 19.0. The number of benzene rings is 2. The van der Waals surface area contributed by atoms with Gasteiger partial charge in [-0.3, -0.25) is 0 Å². The minimum Gasteiger partial charge on any atom is -0.493 e. The van der Waals surface area contributed by atoms with E-state index in [1.165, 1.54) is 22.3 Å². The Labute approximate surface area is 161 Å². The summed E-state index contributed by atoms with van der Waals surface area (Å²) in [7, 11) is 3.34. The summed E-state index contributed by atoms with van der Waals surface area (Å²) in [6.45, 7) is 7.08. The van der Waals surface area contributed by atoms with Gasteiger partial charge in [-0.1, -0.05) is 18.7 Å². The standard InChI is InChI=1S/C23H27NO3/c1-14(2)21-13-17-11-18-16(12-22(17)27-21)7-8-24-19(18)9-15-5-6-20(25-3)23(10-15)26-4/h5-6,10-12,19,21,24H,1,7-9,13H2,2-4H3/t19-,21+/m0/s1. The average molecular weight is 365 g/mol. The quantitative estimate of drug-likeness (QED) is 0.813. The molecule has 0 bridgehead atoms. The number of ether oxygens (including phenoxy) is 3. The van der Waals surface area contributed by atoms with Crippen molar-refractivity contribution in [2.75, 3.05) is 20.8 Å². The third kappa shape index (κ3) is 3.42. The summed E-state index contributed by atoms with van der Waals surface area (Å²) in [6.07, 6.45) is 2.98. The zero-order valence-electron chi connectivity index (χ0n) is 16.3. The van der Waals surface area contributed by atoms with Crippen molar-refractivity contribution in [1.29, 1.82) is 0 Å². The molecule has 2 aliphatic rings. The van der Waals surface area contributed by atoms with E-state index in [4.69, 9.17) is 14.2 Å². The molecule has 0 saturated carbocycles. The number of methoxy groups -OCH3 is 2. The van der Waals surface area contributed by atoms with Crippen molar-refractivity contribution in [3.8, 4) is 17.2 Å². The van der Waals surface area contributed by atoms with Crippen molar-refractivity contribution in [2.45, 2.75) is 38.3 Å². The van der Waals surface area contributed by atoms with Crippen LogP contribution in [0.2, 0.25) is 0 Å². The highest BCUT2D eigenvalue weighted by Crippen LogP contribution is 2.38. The molecule has 1 N–H and O–H groups in total. The van der Waals surface area contributed by atoms with Crippen molar-refractivity contribution >= 4 is 0 Å². The van der Waals surface area contributed by atoms with Gasteiger partial charge in [0.15, 0.2) is 11.5 Å². The second-order valence-corrected chi connectivity index (χ2v) is 7.47. The van der Waals surface area contributed by atoms with Crippen LogP contribution >= 0.6 is 0 Å². The van der Waals surface area contributed by atoms with Crippen molar-refractivity contribution in [3.63, 3.8) is 0 Å². The fourth-order valence-electron chi connectivity index (χ4n) is 4.08. The van der Waals surface area contributed by atoms with Gasteiger partial charge in [0.25, 0.3) is 0 Å². The Balaban J connectivity index is 1.61. The van der Waals surface area contributed by atoms with Crippen LogP contribution < -0.4 is 19.5 Å². The average Bonchev–Trinajstić information content (AvgIpc) is 3.10. The van der Waals surface area contributed by atoms with E-state index in [9.17, 15) is 0 Å². The third-order valence-corrected chi connectivity index (χ3v) is 5.59. The number of hydrogen-bond acceptors (Lipinski definition) is 4. The number of rotatable bonds is 5. The van der Waals surface area contributed by atoms with E-state index in [1.54, 1.807) is 14.2 Å². The van der Waals surface area contributed by atoms with Crippen LogP contribution in [-0.4, -0.2) is 26.9 Å². The fourth-order valence-corrected chi connectivity index (χ4v) is 4.08. The van der Waals surface area contributed by atoms with Gasteiger partial charge < -0.3 is 19.5 Å². The molecule has 27 heavy (non-hydrogen) atoms. The van der Waals surface area contributed by atoms with Crippen molar-refractivity contribution in [1.82, 2.24) is 5.32 Å². The molecule has 0 radical (unpaired) electrons. The maximum Gasteiger partial charge on any atom is 0.160 e. The first-order valence-electron chi connectivity index (χ1n) is 9.51. The first-order chi connectivity index (χ1) is 13.1. The lowest BCUT2D eigenvalue weighted by molar-refractivity contribution is 0.270. The predicted octanol–water partition coefficient (Wildman–Crippen LogP) is 4.01. The maximum atomic E-state index is 6.09. The number of hydrogen-bond donors (Lipinski definition) is 1. The Morgan fingerprint density at radius 2 is 1.96 bits per heavy atom. The highest BCUT2D eigenvalue weighted by Gasteiger charge is 2.28. The normalized spacial score (nSPS) is 20.4. The van der Waals surface area contributed by atoms with Gasteiger partial charge >= 0.3 is 0 Å². The van der Waals surface area contributed by atoms with Crippen LogP contribution in [-0.2, 0) is 19.3 Å². The van der Waals surface area contributed by atoms with E-state index < -0.39 is 0 Å². The van der Waals surface area contributed by atoms with Gasteiger partial charge in [-0.2, -0.15) is 0 Å². The lowest BCUT2D eigenvalue weighted by atomic mass is 9.88. The molecule has 0 saturated heterocycles. The molecule has 2 atom stereocenters. The van der Waals surface area contributed by atoms with E-state index in [1.807, 2.05) is 13.0 Å². The molecule has 2 heterocycles. The van der Waals surface area contributed by atoms with Crippen molar-refractivity contribution in [3.05, 3.63) is 64.7 Å². The van der Waals surface area contributed by atoms with E-state index >= 15 is 0 Å². The summed E-state index contributed by atoms with van der Waals surface area (Å²) >= 11 is 0. The lowest BCUT2D eigenvalue weighted by Gasteiger charge is -2.28. The van der Waals surface area contributed by atoms with Crippen LogP contribution in [0.15, 0.2) is 42.5 Å². The molecule has 0 unspecified atom stereocenters. The second kappa shape index (κ2) is 7.28. The Morgan fingerprint density at radius 1 is 1.15 bits per heavy atom. The van der Waals surface area contributed by atoms with E-state index in [-0.39, 0.29) is 6.10 Å². The molecular formula is C23H27NO3.